The molecule has 5 rings (SSSR count). The quantitative estimate of drug-likeness (QED) is 0.571. The van der Waals surface area contributed by atoms with Crippen molar-refractivity contribution in [3.8, 4) is 11.5 Å². The predicted molar refractivity (Wildman–Crippen MR) is 91.0 cm³/mol. The molecule has 1 unspecified atom stereocenters. The Morgan fingerprint density at radius 3 is 2.80 bits per heavy atom. The van der Waals surface area contributed by atoms with Gasteiger partial charge in [0.1, 0.15) is 5.69 Å². The highest BCUT2D eigenvalue weighted by molar-refractivity contribution is 5.54. The average molecular weight is 334 g/mol. The molecule has 2 atom stereocenters. The van der Waals surface area contributed by atoms with Gasteiger partial charge in [0.15, 0.2) is 0 Å². The van der Waals surface area contributed by atoms with Crippen molar-refractivity contribution in [2.24, 2.45) is 14.1 Å². The van der Waals surface area contributed by atoms with Gasteiger partial charge >= 0.3 is 0 Å². The SMILES string of the molecule is Cc1ccnc2nc(-c3cc([C@@H]4CC4c4cnn(C)c4)nn3C)nn12. The number of aryl methyl sites for hydroxylation is 3. The van der Waals surface area contributed by atoms with Crippen molar-refractivity contribution >= 4 is 5.78 Å². The Labute approximate surface area is 144 Å². The number of nitrogens with zero attached hydrogens (tertiary/aromatic N) is 8. The number of aromatic nitrogens is 8. The fourth-order valence-electron chi connectivity index (χ4n) is 3.42. The molecule has 1 fully saturated rings. The Morgan fingerprint density at radius 1 is 1.16 bits per heavy atom. The molecule has 0 aliphatic heterocycles. The van der Waals surface area contributed by atoms with Crippen LogP contribution >= 0.6 is 0 Å². The maximum Gasteiger partial charge on any atom is 0.252 e. The normalized spacial score (nSPS) is 19.6. The lowest BCUT2D eigenvalue weighted by Crippen LogP contribution is -1.97. The summed E-state index contributed by atoms with van der Waals surface area (Å²) >= 11 is 0. The third-order valence-corrected chi connectivity index (χ3v) is 4.88. The van der Waals surface area contributed by atoms with Crippen LogP contribution in [0, 0.1) is 6.92 Å². The highest BCUT2D eigenvalue weighted by Crippen LogP contribution is 2.54. The first kappa shape index (κ1) is 14.3. The molecule has 0 N–H and O–H groups in total. The standard InChI is InChI=1S/C17H18N8/c1-10-4-5-18-17-20-16(22-25(10)17)15-7-14(21-24(15)3)13-6-12(13)11-8-19-23(2)9-11/h4-5,7-9,12-13H,6H2,1-3H3/t12?,13-/m1/s1. The lowest BCUT2D eigenvalue weighted by atomic mass is 10.1. The molecule has 0 bridgehead atoms. The van der Waals surface area contributed by atoms with Crippen molar-refractivity contribution in [3.05, 3.63) is 47.7 Å². The second kappa shape index (κ2) is 4.98. The lowest BCUT2D eigenvalue weighted by Gasteiger charge is -1.94. The summed E-state index contributed by atoms with van der Waals surface area (Å²) in [5.74, 6) is 2.22. The van der Waals surface area contributed by atoms with Crippen LogP contribution in [-0.4, -0.2) is 39.1 Å². The molecule has 1 saturated carbocycles. The Morgan fingerprint density at radius 2 is 2.04 bits per heavy atom. The maximum atomic E-state index is 4.70. The molecule has 126 valence electrons. The van der Waals surface area contributed by atoms with E-state index in [1.165, 1.54) is 5.56 Å². The van der Waals surface area contributed by atoms with Crippen LogP contribution in [0.5, 0.6) is 0 Å². The minimum Gasteiger partial charge on any atom is -0.276 e. The molecule has 0 radical (unpaired) electrons. The first-order chi connectivity index (χ1) is 12.1. The van der Waals surface area contributed by atoms with Gasteiger partial charge in [0.25, 0.3) is 5.78 Å². The summed E-state index contributed by atoms with van der Waals surface area (Å²) in [5.41, 5.74) is 4.29. The van der Waals surface area contributed by atoms with Gasteiger partial charge in [-0.1, -0.05) is 0 Å². The minimum absolute atomic E-state index is 0.445. The molecule has 0 aromatic carbocycles. The van der Waals surface area contributed by atoms with Crippen molar-refractivity contribution in [2.75, 3.05) is 0 Å². The van der Waals surface area contributed by atoms with Crippen LogP contribution < -0.4 is 0 Å². The van der Waals surface area contributed by atoms with Crippen LogP contribution in [0.2, 0.25) is 0 Å². The minimum atomic E-state index is 0.445. The van der Waals surface area contributed by atoms with Gasteiger partial charge in [0, 0.05) is 38.1 Å². The molecule has 1 aliphatic carbocycles. The van der Waals surface area contributed by atoms with Gasteiger partial charge in [-0.3, -0.25) is 9.36 Å². The Kier molecular flexibility index (Phi) is 2.85. The number of fused-ring (bicyclic) bond motifs is 1. The van der Waals surface area contributed by atoms with E-state index in [-0.39, 0.29) is 0 Å². The molecule has 25 heavy (non-hydrogen) atoms. The number of rotatable bonds is 3. The van der Waals surface area contributed by atoms with Crippen molar-refractivity contribution in [1.82, 2.24) is 39.1 Å². The zero-order valence-electron chi connectivity index (χ0n) is 14.3. The maximum absolute atomic E-state index is 4.70. The zero-order valence-corrected chi connectivity index (χ0v) is 14.3. The summed E-state index contributed by atoms with van der Waals surface area (Å²) < 4.78 is 5.47. The van der Waals surface area contributed by atoms with Gasteiger partial charge in [-0.2, -0.15) is 15.2 Å². The first-order valence-corrected chi connectivity index (χ1v) is 8.31. The fourth-order valence-corrected chi connectivity index (χ4v) is 3.42. The van der Waals surface area contributed by atoms with Gasteiger partial charge in [0.05, 0.1) is 11.9 Å². The zero-order chi connectivity index (χ0) is 17.1. The largest absolute Gasteiger partial charge is 0.276 e. The van der Waals surface area contributed by atoms with E-state index < -0.39 is 0 Å². The molecule has 8 nitrogen and oxygen atoms in total. The molecule has 0 saturated heterocycles. The Balaban J connectivity index is 1.48. The van der Waals surface area contributed by atoms with E-state index in [2.05, 4.69) is 32.4 Å². The molecule has 0 spiro atoms. The topological polar surface area (TPSA) is 78.7 Å². The molecule has 8 heteroatoms. The van der Waals surface area contributed by atoms with Crippen LogP contribution in [0.3, 0.4) is 0 Å². The van der Waals surface area contributed by atoms with Crippen molar-refractivity contribution < 1.29 is 0 Å². The summed E-state index contributed by atoms with van der Waals surface area (Å²) in [7, 11) is 3.89. The van der Waals surface area contributed by atoms with Gasteiger partial charge in [0.2, 0.25) is 5.82 Å². The van der Waals surface area contributed by atoms with E-state index >= 15 is 0 Å². The van der Waals surface area contributed by atoms with Gasteiger partial charge < -0.3 is 0 Å². The molecule has 4 aromatic heterocycles. The van der Waals surface area contributed by atoms with E-state index in [0.29, 0.717) is 23.4 Å². The van der Waals surface area contributed by atoms with E-state index in [4.69, 9.17) is 5.10 Å². The molecule has 4 aromatic rings. The predicted octanol–water partition coefficient (Wildman–Crippen LogP) is 1.84. The van der Waals surface area contributed by atoms with Gasteiger partial charge in [-0.25, -0.2) is 9.50 Å². The summed E-state index contributed by atoms with van der Waals surface area (Å²) in [6.07, 6.45) is 6.90. The molecular formula is C17H18N8. The Hall–Kier alpha value is -3.03. The van der Waals surface area contributed by atoms with Crippen LogP contribution in [0.15, 0.2) is 30.7 Å². The number of hydrogen-bond donors (Lipinski definition) is 0. The summed E-state index contributed by atoms with van der Waals surface area (Å²) in [5, 5.41) is 13.6. The molecule has 1 aliphatic rings. The smallest absolute Gasteiger partial charge is 0.252 e. The van der Waals surface area contributed by atoms with E-state index in [9.17, 15) is 0 Å². The summed E-state index contributed by atoms with van der Waals surface area (Å²) in [6.45, 7) is 1.99. The van der Waals surface area contributed by atoms with Crippen LogP contribution in [0.1, 0.15) is 35.2 Å². The third-order valence-electron chi connectivity index (χ3n) is 4.88. The Bertz CT molecular complexity index is 1090. The van der Waals surface area contributed by atoms with Crippen molar-refractivity contribution in [2.45, 2.75) is 25.2 Å². The highest BCUT2D eigenvalue weighted by atomic mass is 15.4. The number of hydrogen-bond acceptors (Lipinski definition) is 5. The molecule has 4 heterocycles. The summed E-state index contributed by atoms with van der Waals surface area (Å²) in [4.78, 5) is 8.82. The third kappa shape index (κ3) is 2.25. The average Bonchev–Trinajstić information content (AvgIpc) is 2.92. The van der Waals surface area contributed by atoms with E-state index in [0.717, 1.165) is 23.5 Å². The van der Waals surface area contributed by atoms with Crippen LogP contribution in [0.4, 0.5) is 0 Å². The van der Waals surface area contributed by atoms with Crippen LogP contribution in [-0.2, 0) is 14.1 Å². The monoisotopic (exact) mass is 334 g/mol. The molecular weight excluding hydrogens is 316 g/mol. The van der Waals surface area contributed by atoms with Crippen LogP contribution in [0.25, 0.3) is 17.3 Å². The second-order valence-electron chi connectivity index (χ2n) is 6.71. The van der Waals surface area contributed by atoms with Crippen molar-refractivity contribution in [1.29, 1.82) is 0 Å². The van der Waals surface area contributed by atoms with E-state index in [1.807, 2.05) is 42.6 Å². The van der Waals surface area contributed by atoms with E-state index in [1.54, 1.807) is 10.7 Å². The van der Waals surface area contributed by atoms with Crippen molar-refractivity contribution in [3.63, 3.8) is 0 Å². The lowest BCUT2D eigenvalue weighted by molar-refractivity contribution is 0.742. The molecule has 0 amide bonds. The fraction of sp³-hybridized carbons (Fsp3) is 0.353. The first-order valence-electron chi connectivity index (χ1n) is 8.31. The van der Waals surface area contributed by atoms with Gasteiger partial charge in [-0.05, 0) is 37.0 Å². The van der Waals surface area contributed by atoms with Gasteiger partial charge in [-0.15, -0.1) is 5.10 Å². The summed E-state index contributed by atoms with van der Waals surface area (Å²) in [6, 6.07) is 4.02. The highest BCUT2D eigenvalue weighted by Gasteiger charge is 2.42. The second-order valence-corrected chi connectivity index (χ2v) is 6.71.